The Kier molecular flexibility index (Phi) is 6.63. The van der Waals surface area contributed by atoms with E-state index in [-0.39, 0.29) is 5.91 Å². The smallest absolute Gasteiger partial charge is 0.225 e. The molecule has 0 aliphatic heterocycles. The minimum atomic E-state index is 0.0142. The first-order valence-electron chi connectivity index (χ1n) is 7.86. The van der Waals surface area contributed by atoms with Gasteiger partial charge in [0.2, 0.25) is 5.91 Å². The van der Waals surface area contributed by atoms with Crippen molar-refractivity contribution in [2.45, 2.75) is 13.0 Å². The van der Waals surface area contributed by atoms with Crippen LogP contribution in [-0.4, -0.2) is 38.6 Å². The molecule has 0 radical (unpaired) electrons. The second-order valence-electron chi connectivity index (χ2n) is 5.59. The Morgan fingerprint density at radius 1 is 1.04 bits per heavy atom. The molecule has 2 rings (SSSR count). The third-order valence-corrected chi connectivity index (χ3v) is 3.68. The van der Waals surface area contributed by atoms with Gasteiger partial charge < -0.3 is 19.7 Å². The molecule has 128 valence electrons. The van der Waals surface area contributed by atoms with Crippen LogP contribution in [0.5, 0.6) is 11.5 Å². The Labute approximate surface area is 143 Å². The summed E-state index contributed by atoms with van der Waals surface area (Å²) in [6.07, 6.45) is 0.443. The summed E-state index contributed by atoms with van der Waals surface area (Å²) in [5, 5.41) is 2.89. The van der Waals surface area contributed by atoms with Gasteiger partial charge in [-0.1, -0.05) is 24.3 Å². The van der Waals surface area contributed by atoms with Gasteiger partial charge in [-0.15, -0.1) is 0 Å². The molecule has 2 aromatic rings. The summed E-state index contributed by atoms with van der Waals surface area (Å²) in [5.41, 5.74) is 1.93. The summed E-state index contributed by atoms with van der Waals surface area (Å²) >= 11 is 0. The second kappa shape index (κ2) is 8.93. The first-order valence-corrected chi connectivity index (χ1v) is 7.86. The van der Waals surface area contributed by atoms with E-state index in [9.17, 15) is 4.79 Å². The van der Waals surface area contributed by atoms with Crippen LogP contribution < -0.4 is 14.8 Å². The van der Waals surface area contributed by atoms with Crippen molar-refractivity contribution in [1.82, 2.24) is 4.90 Å². The molecule has 1 amide bonds. The highest BCUT2D eigenvalue weighted by atomic mass is 16.5. The maximum atomic E-state index is 12.0. The molecular weight excluding hydrogens is 304 g/mol. The number of rotatable bonds is 8. The SMILES string of the molecule is COc1ccc(CN(C)CCC(=O)Nc2ccccc2)cc1OC. The van der Waals surface area contributed by atoms with Crippen molar-refractivity contribution in [3.8, 4) is 11.5 Å². The molecule has 24 heavy (non-hydrogen) atoms. The molecule has 0 bridgehead atoms. The molecule has 0 atom stereocenters. The number of amides is 1. The number of para-hydroxylation sites is 1. The largest absolute Gasteiger partial charge is 0.493 e. The highest BCUT2D eigenvalue weighted by Gasteiger charge is 2.08. The van der Waals surface area contributed by atoms with E-state index in [1.807, 2.05) is 55.6 Å². The number of hydrogen-bond donors (Lipinski definition) is 1. The van der Waals surface area contributed by atoms with Crippen LogP contribution >= 0.6 is 0 Å². The second-order valence-corrected chi connectivity index (χ2v) is 5.59. The lowest BCUT2D eigenvalue weighted by molar-refractivity contribution is -0.116. The summed E-state index contributed by atoms with van der Waals surface area (Å²) in [7, 11) is 5.24. The highest BCUT2D eigenvalue weighted by Crippen LogP contribution is 2.27. The highest BCUT2D eigenvalue weighted by molar-refractivity contribution is 5.90. The number of benzene rings is 2. The summed E-state index contributed by atoms with van der Waals surface area (Å²) in [6.45, 7) is 1.41. The number of carbonyl (C=O) groups is 1. The standard InChI is InChI=1S/C19H24N2O3/c1-21(12-11-19(22)20-16-7-5-4-6-8-16)14-15-9-10-17(23-2)18(13-15)24-3/h4-10,13H,11-12,14H2,1-3H3,(H,20,22). The Balaban J connectivity index is 1.82. The topological polar surface area (TPSA) is 50.8 Å². The van der Waals surface area contributed by atoms with Crippen LogP contribution in [0.3, 0.4) is 0 Å². The van der Waals surface area contributed by atoms with Gasteiger partial charge in [0.1, 0.15) is 0 Å². The molecule has 0 fully saturated rings. The average Bonchev–Trinajstić information content (AvgIpc) is 2.60. The fraction of sp³-hybridized carbons (Fsp3) is 0.316. The number of nitrogens with one attached hydrogen (secondary N) is 1. The van der Waals surface area contributed by atoms with E-state index >= 15 is 0 Å². The maximum Gasteiger partial charge on any atom is 0.225 e. The van der Waals surface area contributed by atoms with Crippen molar-refractivity contribution >= 4 is 11.6 Å². The predicted molar refractivity (Wildman–Crippen MR) is 95.6 cm³/mol. The third kappa shape index (κ3) is 5.28. The van der Waals surface area contributed by atoms with Crippen molar-refractivity contribution in [3.05, 3.63) is 54.1 Å². The van der Waals surface area contributed by atoms with Crippen LogP contribution in [0, 0.1) is 0 Å². The number of methoxy groups -OCH3 is 2. The lowest BCUT2D eigenvalue weighted by Gasteiger charge is -2.17. The zero-order valence-corrected chi connectivity index (χ0v) is 14.4. The van der Waals surface area contributed by atoms with Crippen molar-refractivity contribution in [2.24, 2.45) is 0 Å². The third-order valence-electron chi connectivity index (χ3n) is 3.68. The number of carbonyl (C=O) groups excluding carboxylic acids is 1. The van der Waals surface area contributed by atoms with Crippen LogP contribution in [0.2, 0.25) is 0 Å². The molecule has 5 heteroatoms. The molecule has 0 saturated carbocycles. The zero-order chi connectivity index (χ0) is 17.4. The Hall–Kier alpha value is -2.53. The van der Waals surface area contributed by atoms with Crippen LogP contribution in [0.15, 0.2) is 48.5 Å². The normalized spacial score (nSPS) is 10.5. The van der Waals surface area contributed by atoms with Crippen molar-refractivity contribution in [1.29, 1.82) is 0 Å². The lowest BCUT2D eigenvalue weighted by atomic mass is 10.2. The van der Waals surface area contributed by atoms with Gasteiger partial charge in [0, 0.05) is 25.2 Å². The Morgan fingerprint density at radius 3 is 2.42 bits per heavy atom. The van der Waals surface area contributed by atoms with E-state index in [4.69, 9.17) is 9.47 Å². The molecule has 5 nitrogen and oxygen atoms in total. The molecule has 0 aromatic heterocycles. The number of nitrogens with zero attached hydrogens (tertiary/aromatic N) is 1. The zero-order valence-electron chi connectivity index (χ0n) is 14.4. The minimum Gasteiger partial charge on any atom is -0.493 e. The number of anilines is 1. The van der Waals surface area contributed by atoms with Gasteiger partial charge in [-0.3, -0.25) is 4.79 Å². The van der Waals surface area contributed by atoms with Crippen molar-refractivity contribution < 1.29 is 14.3 Å². The van der Waals surface area contributed by atoms with Crippen LogP contribution in [0.1, 0.15) is 12.0 Å². The average molecular weight is 328 g/mol. The van der Waals surface area contributed by atoms with Gasteiger partial charge in [-0.2, -0.15) is 0 Å². The molecule has 2 aromatic carbocycles. The number of ether oxygens (including phenoxy) is 2. The molecule has 1 N–H and O–H groups in total. The molecule has 0 saturated heterocycles. The first-order chi connectivity index (χ1) is 11.6. The van der Waals surface area contributed by atoms with E-state index < -0.39 is 0 Å². The monoisotopic (exact) mass is 328 g/mol. The minimum absolute atomic E-state index is 0.0142. The van der Waals surface area contributed by atoms with Gasteiger partial charge in [-0.05, 0) is 36.9 Å². The molecule has 0 unspecified atom stereocenters. The van der Waals surface area contributed by atoms with Gasteiger partial charge in [0.25, 0.3) is 0 Å². The van der Waals surface area contributed by atoms with Crippen LogP contribution in [-0.2, 0) is 11.3 Å². The van der Waals surface area contributed by atoms with Gasteiger partial charge in [0.15, 0.2) is 11.5 Å². The quantitative estimate of drug-likeness (QED) is 0.809. The van der Waals surface area contributed by atoms with Crippen molar-refractivity contribution in [2.75, 3.05) is 33.1 Å². The predicted octanol–water partition coefficient (Wildman–Crippen LogP) is 3.16. The molecule has 0 aliphatic rings. The lowest BCUT2D eigenvalue weighted by Crippen LogP contribution is -2.24. The van der Waals surface area contributed by atoms with Gasteiger partial charge in [-0.25, -0.2) is 0 Å². The van der Waals surface area contributed by atoms with Gasteiger partial charge in [0.05, 0.1) is 14.2 Å². The van der Waals surface area contributed by atoms with Crippen LogP contribution in [0.25, 0.3) is 0 Å². The van der Waals surface area contributed by atoms with E-state index in [0.29, 0.717) is 24.5 Å². The van der Waals surface area contributed by atoms with Crippen molar-refractivity contribution in [3.63, 3.8) is 0 Å². The van der Waals surface area contributed by atoms with E-state index in [1.165, 1.54) is 0 Å². The molecular formula is C19H24N2O3. The fourth-order valence-electron chi connectivity index (χ4n) is 2.41. The molecule has 0 spiro atoms. The van der Waals surface area contributed by atoms with E-state index in [1.54, 1.807) is 14.2 Å². The fourth-order valence-corrected chi connectivity index (χ4v) is 2.41. The summed E-state index contributed by atoms with van der Waals surface area (Å²) in [4.78, 5) is 14.1. The Morgan fingerprint density at radius 2 is 1.75 bits per heavy atom. The molecule has 0 aliphatic carbocycles. The maximum absolute atomic E-state index is 12.0. The van der Waals surface area contributed by atoms with Gasteiger partial charge >= 0.3 is 0 Å². The Bertz CT molecular complexity index is 659. The summed E-state index contributed by atoms with van der Waals surface area (Å²) in [6, 6.07) is 15.3. The van der Waals surface area contributed by atoms with E-state index in [2.05, 4.69) is 10.2 Å². The van der Waals surface area contributed by atoms with E-state index in [0.717, 1.165) is 17.8 Å². The first kappa shape index (κ1) is 17.8. The summed E-state index contributed by atoms with van der Waals surface area (Å²) in [5.74, 6) is 1.44. The summed E-state index contributed by atoms with van der Waals surface area (Å²) < 4.78 is 10.6. The molecule has 0 heterocycles. The van der Waals surface area contributed by atoms with Crippen LogP contribution in [0.4, 0.5) is 5.69 Å². The number of hydrogen-bond acceptors (Lipinski definition) is 4.